The van der Waals surface area contributed by atoms with E-state index in [0.717, 1.165) is 49.8 Å². The fraction of sp³-hybridized carbons (Fsp3) is 0.333. The van der Waals surface area contributed by atoms with Crippen molar-refractivity contribution in [3.8, 4) is 0 Å². The van der Waals surface area contributed by atoms with Crippen LogP contribution < -0.4 is 4.72 Å². The molecule has 1 saturated heterocycles. The number of aromatic nitrogens is 1. The first-order chi connectivity index (χ1) is 16.5. The average Bonchev–Trinajstić information content (AvgIpc) is 3.29. The van der Waals surface area contributed by atoms with Gasteiger partial charge >= 0.3 is 0 Å². The molecule has 0 radical (unpaired) electrons. The van der Waals surface area contributed by atoms with Crippen molar-refractivity contribution in [1.82, 2.24) is 19.7 Å². The lowest BCUT2D eigenvalue weighted by Gasteiger charge is -2.39. The second-order valence-corrected chi connectivity index (χ2v) is 10.8. The number of hydrogen-bond donors (Lipinski definition) is 2. The van der Waals surface area contributed by atoms with Gasteiger partial charge < -0.3 is 4.98 Å². The molecule has 0 atom stereocenters. The number of H-pyrrole nitrogens is 1. The van der Waals surface area contributed by atoms with E-state index in [1.807, 2.05) is 36.4 Å². The number of fused-ring (bicyclic) bond motifs is 2. The molecule has 0 amide bonds. The summed E-state index contributed by atoms with van der Waals surface area (Å²) >= 11 is 0. The minimum Gasteiger partial charge on any atom is -0.357 e. The maximum atomic E-state index is 13.1. The van der Waals surface area contributed by atoms with Crippen molar-refractivity contribution in [1.29, 1.82) is 0 Å². The molecule has 4 aromatic rings. The molecule has 0 aliphatic carbocycles. The minimum absolute atomic E-state index is 0. The zero-order valence-electron chi connectivity index (χ0n) is 20.0. The van der Waals surface area contributed by atoms with Gasteiger partial charge in [0.2, 0.25) is 10.0 Å². The van der Waals surface area contributed by atoms with E-state index in [9.17, 15) is 8.42 Å². The van der Waals surface area contributed by atoms with E-state index in [0.29, 0.717) is 17.4 Å². The van der Waals surface area contributed by atoms with Crippen LogP contribution in [0.2, 0.25) is 0 Å². The zero-order chi connectivity index (χ0) is 23.5. The summed E-state index contributed by atoms with van der Waals surface area (Å²) in [6, 6.07) is 23.7. The van der Waals surface area contributed by atoms with Gasteiger partial charge in [-0.2, -0.15) is 0 Å². The molecule has 6 nitrogen and oxygen atoms in total. The van der Waals surface area contributed by atoms with E-state index in [1.54, 1.807) is 6.07 Å². The first-order valence-corrected chi connectivity index (χ1v) is 13.6. The highest BCUT2D eigenvalue weighted by Gasteiger charge is 2.25. The summed E-state index contributed by atoms with van der Waals surface area (Å²) in [7, 11) is -3.55. The van der Waals surface area contributed by atoms with Crippen molar-refractivity contribution in [2.45, 2.75) is 31.2 Å². The topological polar surface area (TPSA) is 68.4 Å². The number of benzene rings is 3. The van der Waals surface area contributed by atoms with E-state index < -0.39 is 10.0 Å². The molecule has 2 heterocycles. The van der Waals surface area contributed by atoms with Gasteiger partial charge in [0.05, 0.1) is 11.4 Å². The molecule has 0 saturated carbocycles. The molecule has 1 fully saturated rings. The number of piperidine rings is 1. The summed E-state index contributed by atoms with van der Waals surface area (Å²) in [5.74, 6) is 0.341. The van der Waals surface area contributed by atoms with Crippen LogP contribution in [-0.2, 0) is 16.6 Å². The molecular weight excluding hydrogens is 480 g/mol. The van der Waals surface area contributed by atoms with Gasteiger partial charge in [-0.3, -0.25) is 0 Å². The highest BCUT2D eigenvalue weighted by Crippen LogP contribution is 2.24. The molecule has 8 heteroatoms. The lowest BCUT2D eigenvalue weighted by molar-refractivity contribution is -0.0527. The summed E-state index contributed by atoms with van der Waals surface area (Å²) in [6.45, 7) is 6.33. The molecule has 2 N–H and O–H groups in total. The van der Waals surface area contributed by atoms with Crippen LogP contribution in [0.5, 0.6) is 0 Å². The molecule has 1 aliphatic heterocycles. The smallest absolute Gasteiger partial charge is 0.241 e. The maximum Gasteiger partial charge on any atom is 0.241 e. The molecule has 3 aromatic carbocycles. The molecule has 35 heavy (non-hydrogen) atoms. The second-order valence-electron chi connectivity index (χ2n) is 9.09. The van der Waals surface area contributed by atoms with Crippen molar-refractivity contribution >= 4 is 44.1 Å². The van der Waals surface area contributed by atoms with Gasteiger partial charge in [-0.15, -0.1) is 12.4 Å². The second kappa shape index (κ2) is 11.1. The number of nitrogens with one attached hydrogen (secondary N) is 2. The fourth-order valence-corrected chi connectivity index (χ4v) is 6.31. The van der Waals surface area contributed by atoms with E-state index in [4.69, 9.17) is 0 Å². The predicted molar refractivity (Wildman–Crippen MR) is 145 cm³/mol. The summed E-state index contributed by atoms with van der Waals surface area (Å²) < 4.78 is 29.0. The van der Waals surface area contributed by atoms with Crippen LogP contribution in [0, 0.1) is 5.92 Å². The number of sulfonamides is 1. The van der Waals surface area contributed by atoms with Gasteiger partial charge in [-0.25, -0.2) is 23.2 Å². The Morgan fingerprint density at radius 2 is 1.66 bits per heavy atom. The number of halogens is 1. The lowest BCUT2D eigenvalue weighted by atomic mass is 9.98. The molecule has 0 spiro atoms. The molecule has 1 aliphatic rings. The SMILES string of the molecule is CCN(Cc1cc2ccccc2[nH]1)N1CCC(CNS(=O)(=O)c2cccc3ccccc23)CC1.Cl. The Morgan fingerprint density at radius 3 is 2.40 bits per heavy atom. The first kappa shape index (κ1) is 25.7. The minimum atomic E-state index is -3.55. The van der Waals surface area contributed by atoms with Gasteiger partial charge in [0.1, 0.15) is 0 Å². The van der Waals surface area contributed by atoms with Crippen molar-refractivity contribution in [3.05, 3.63) is 78.5 Å². The van der Waals surface area contributed by atoms with Crippen LogP contribution in [0.25, 0.3) is 21.7 Å². The number of para-hydroxylation sites is 1. The molecule has 186 valence electrons. The summed E-state index contributed by atoms with van der Waals surface area (Å²) in [4.78, 5) is 3.89. The quantitative estimate of drug-likeness (QED) is 0.342. The molecular formula is C27H33ClN4O2S. The van der Waals surface area contributed by atoms with Crippen molar-refractivity contribution in [2.75, 3.05) is 26.2 Å². The standard InChI is InChI=1S/C27H32N4O2S.ClH/c1-2-30(20-24-18-23-9-4-6-12-26(23)29-24)31-16-14-21(15-17-31)19-28-34(32,33)27-13-7-10-22-8-3-5-11-25(22)27;/h3-13,18,21,28-29H,2,14-17,19-20H2,1H3;1H. The summed E-state index contributed by atoms with van der Waals surface area (Å²) in [5, 5.41) is 7.75. The number of rotatable bonds is 8. The Kier molecular flexibility index (Phi) is 8.14. The number of aromatic amines is 1. The van der Waals surface area contributed by atoms with Crippen LogP contribution in [0.3, 0.4) is 0 Å². The first-order valence-electron chi connectivity index (χ1n) is 12.1. The highest BCUT2D eigenvalue weighted by molar-refractivity contribution is 7.89. The molecule has 1 aromatic heterocycles. The number of nitrogens with zero attached hydrogens (tertiary/aromatic N) is 2. The van der Waals surface area contributed by atoms with Crippen LogP contribution in [0.1, 0.15) is 25.5 Å². The van der Waals surface area contributed by atoms with E-state index in [2.05, 4.69) is 57.0 Å². The summed E-state index contributed by atoms with van der Waals surface area (Å²) in [6.07, 6.45) is 1.95. The van der Waals surface area contributed by atoms with E-state index >= 15 is 0 Å². The normalized spacial score (nSPS) is 15.6. The van der Waals surface area contributed by atoms with Crippen LogP contribution in [-0.4, -0.2) is 49.6 Å². The molecule has 0 unspecified atom stereocenters. The van der Waals surface area contributed by atoms with Gasteiger partial charge in [0.25, 0.3) is 0 Å². The van der Waals surface area contributed by atoms with Gasteiger partial charge in [-0.1, -0.05) is 61.5 Å². The Morgan fingerprint density at radius 1 is 0.971 bits per heavy atom. The van der Waals surface area contributed by atoms with Crippen molar-refractivity contribution < 1.29 is 8.42 Å². The largest absolute Gasteiger partial charge is 0.357 e. The van der Waals surface area contributed by atoms with Gasteiger partial charge in [0, 0.05) is 42.8 Å². The maximum absolute atomic E-state index is 13.1. The van der Waals surface area contributed by atoms with Crippen LogP contribution >= 0.6 is 12.4 Å². The third-order valence-corrected chi connectivity index (χ3v) is 8.38. The Hall–Kier alpha value is -2.42. The third-order valence-electron chi connectivity index (χ3n) is 6.90. The molecule has 5 rings (SSSR count). The van der Waals surface area contributed by atoms with E-state index in [1.165, 1.54) is 16.6 Å². The highest BCUT2D eigenvalue weighted by atomic mass is 35.5. The zero-order valence-corrected chi connectivity index (χ0v) is 21.6. The number of hydrogen-bond acceptors (Lipinski definition) is 4. The molecule has 0 bridgehead atoms. The lowest BCUT2D eigenvalue weighted by Crippen LogP contribution is -2.47. The van der Waals surface area contributed by atoms with Gasteiger partial charge in [0.15, 0.2) is 0 Å². The van der Waals surface area contributed by atoms with Gasteiger partial charge in [-0.05, 0) is 47.7 Å². The van der Waals surface area contributed by atoms with Crippen molar-refractivity contribution in [3.63, 3.8) is 0 Å². The third kappa shape index (κ3) is 5.71. The Balaban J connectivity index is 0.00000289. The van der Waals surface area contributed by atoms with E-state index in [-0.39, 0.29) is 12.4 Å². The monoisotopic (exact) mass is 512 g/mol. The Labute approximate surface area is 213 Å². The summed E-state index contributed by atoms with van der Waals surface area (Å²) in [5.41, 5.74) is 2.39. The van der Waals surface area contributed by atoms with Crippen molar-refractivity contribution in [2.24, 2.45) is 5.92 Å². The van der Waals surface area contributed by atoms with Crippen LogP contribution in [0.15, 0.2) is 77.7 Å². The Bertz CT molecular complexity index is 1340. The number of hydrazine groups is 1. The predicted octanol–water partition coefficient (Wildman–Crippen LogP) is 5.17. The fourth-order valence-electron chi connectivity index (χ4n) is 4.97. The average molecular weight is 513 g/mol. The van der Waals surface area contributed by atoms with Crippen LogP contribution in [0.4, 0.5) is 0 Å².